The van der Waals surface area contributed by atoms with Crippen LogP contribution in [0.2, 0.25) is 0 Å². The van der Waals surface area contributed by atoms with Crippen molar-refractivity contribution in [3.8, 4) is 5.75 Å². The summed E-state index contributed by atoms with van der Waals surface area (Å²) < 4.78 is 86.1. The van der Waals surface area contributed by atoms with Crippen molar-refractivity contribution in [2.45, 2.75) is 25.4 Å². The summed E-state index contributed by atoms with van der Waals surface area (Å²) >= 11 is 0. The third-order valence-electron chi connectivity index (χ3n) is 5.24. The molecule has 2 amide bonds. The monoisotopic (exact) mass is 511 g/mol. The number of carbonyl (C=O) groups excluding carboxylic acids is 1. The van der Waals surface area contributed by atoms with Gasteiger partial charge >= 0.3 is 18.4 Å². The number of methoxy groups -OCH3 is 1. The number of benzene rings is 2. The Kier molecular flexibility index (Phi) is 8.01. The molecule has 0 atom stereocenters. The van der Waals surface area contributed by atoms with Crippen LogP contribution in [-0.2, 0) is 25.4 Å². The van der Waals surface area contributed by atoms with E-state index in [9.17, 15) is 31.1 Å². The van der Waals surface area contributed by atoms with Crippen molar-refractivity contribution in [1.82, 2.24) is 9.47 Å². The van der Waals surface area contributed by atoms with Gasteiger partial charge in [0.2, 0.25) is 0 Å². The molecule has 3 rings (SSSR count). The quantitative estimate of drug-likeness (QED) is 0.267. The average Bonchev–Trinajstić information content (AvgIpc) is 3.24. The molecule has 3 aromatic rings. The zero-order valence-corrected chi connectivity index (χ0v) is 19.2. The molecule has 0 bridgehead atoms. The Labute approximate surface area is 203 Å². The summed E-state index contributed by atoms with van der Waals surface area (Å²) in [6.07, 6.45) is -6.85. The van der Waals surface area contributed by atoms with E-state index in [0.29, 0.717) is 30.1 Å². The van der Waals surface area contributed by atoms with Crippen molar-refractivity contribution in [2.75, 3.05) is 19.0 Å². The molecule has 11 heteroatoms. The highest BCUT2D eigenvalue weighted by atomic mass is 19.4. The molecule has 192 valence electrons. The number of hydrogen-bond donors (Lipinski definition) is 1. The Morgan fingerprint density at radius 2 is 1.69 bits per heavy atom. The Balaban J connectivity index is 1.83. The molecule has 0 aliphatic heterocycles. The second kappa shape index (κ2) is 10.8. The standard InChI is InChI=1S/C25H23F6N3O2/c1-3-9-34(16-21-7-5-10-33(21)15-17-6-4-8-22(11-17)36-2)23(35)32-20-13-18(24(26,27)28)12-19(14-20)25(29,30)31/h3-8,10-14H,1,9,15-16H2,2H3,(H,32,35). The largest absolute Gasteiger partial charge is 0.497 e. The summed E-state index contributed by atoms with van der Waals surface area (Å²) in [5.74, 6) is 0.674. The number of carbonyl (C=O) groups is 1. The summed E-state index contributed by atoms with van der Waals surface area (Å²) in [5, 5.41) is 2.16. The second-order valence-corrected chi connectivity index (χ2v) is 7.87. The van der Waals surface area contributed by atoms with Crippen LogP contribution >= 0.6 is 0 Å². The van der Waals surface area contributed by atoms with Gasteiger partial charge in [0.25, 0.3) is 0 Å². The number of anilines is 1. The Hall–Kier alpha value is -3.89. The first-order chi connectivity index (χ1) is 16.9. The van der Waals surface area contributed by atoms with Crippen LogP contribution in [0.5, 0.6) is 5.75 Å². The number of nitrogens with zero attached hydrogens (tertiary/aromatic N) is 2. The van der Waals surface area contributed by atoms with Gasteiger partial charge in [-0.1, -0.05) is 18.2 Å². The van der Waals surface area contributed by atoms with Gasteiger partial charge in [0.1, 0.15) is 5.75 Å². The predicted octanol–water partition coefficient (Wildman–Crippen LogP) is 6.80. The molecule has 0 unspecified atom stereocenters. The predicted molar refractivity (Wildman–Crippen MR) is 123 cm³/mol. The van der Waals surface area contributed by atoms with Gasteiger partial charge in [-0.05, 0) is 48.0 Å². The topological polar surface area (TPSA) is 46.5 Å². The number of ether oxygens (including phenoxy) is 1. The van der Waals surface area contributed by atoms with Crippen LogP contribution in [-0.4, -0.2) is 29.2 Å². The third-order valence-corrected chi connectivity index (χ3v) is 5.24. The van der Waals surface area contributed by atoms with Crippen LogP contribution in [0.3, 0.4) is 0 Å². The molecule has 0 saturated carbocycles. The second-order valence-electron chi connectivity index (χ2n) is 7.87. The molecule has 5 nitrogen and oxygen atoms in total. The number of hydrogen-bond acceptors (Lipinski definition) is 2. The summed E-state index contributed by atoms with van der Waals surface area (Å²) in [5.41, 5.74) is -2.04. The number of halogens is 6. The van der Waals surface area contributed by atoms with Crippen molar-refractivity contribution >= 4 is 11.7 Å². The van der Waals surface area contributed by atoms with Crippen molar-refractivity contribution in [3.63, 3.8) is 0 Å². The van der Waals surface area contributed by atoms with Crippen molar-refractivity contribution in [2.24, 2.45) is 0 Å². The zero-order chi connectivity index (χ0) is 26.5. The molecule has 0 aliphatic rings. The summed E-state index contributed by atoms with van der Waals surface area (Å²) in [6.45, 7) is 4.06. The molecule has 0 fully saturated rings. The van der Waals surface area contributed by atoms with Gasteiger partial charge in [-0.15, -0.1) is 6.58 Å². The lowest BCUT2D eigenvalue weighted by Gasteiger charge is -2.23. The maximum atomic E-state index is 13.2. The van der Waals surface area contributed by atoms with E-state index in [1.54, 1.807) is 31.5 Å². The molecular weight excluding hydrogens is 488 g/mol. The molecule has 0 aliphatic carbocycles. The average molecular weight is 511 g/mol. The molecule has 0 spiro atoms. The van der Waals surface area contributed by atoms with Gasteiger partial charge in [0, 0.05) is 30.7 Å². The van der Waals surface area contributed by atoms with E-state index in [0.717, 1.165) is 5.56 Å². The number of amides is 2. The van der Waals surface area contributed by atoms with Crippen LogP contribution < -0.4 is 10.1 Å². The van der Waals surface area contributed by atoms with Gasteiger partial charge in [0.05, 0.1) is 24.8 Å². The van der Waals surface area contributed by atoms with Gasteiger partial charge < -0.3 is 19.5 Å². The minimum Gasteiger partial charge on any atom is -0.497 e. The Bertz CT molecular complexity index is 1180. The van der Waals surface area contributed by atoms with E-state index in [1.807, 2.05) is 22.8 Å². The molecule has 0 radical (unpaired) electrons. The number of aromatic nitrogens is 1. The minimum absolute atomic E-state index is 0.00125. The van der Waals surface area contributed by atoms with E-state index in [-0.39, 0.29) is 19.2 Å². The van der Waals surface area contributed by atoms with Gasteiger partial charge in [-0.2, -0.15) is 26.3 Å². The van der Waals surface area contributed by atoms with E-state index in [1.165, 1.54) is 11.0 Å². The molecular formula is C25H23F6N3O2. The minimum atomic E-state index is -5.03. The van der Waals surface area contributed by atoms with Crippen molar-refractivity contribution in [1.29, 1.82) is 0 Å². The molecule has 1 heterocycles. The highest BCUT2D eigenvalue weighted by Crippen LogP contribution is 2.37. The maximum Gasteiger partial charge on any atom is 0.416 e. The lowest BCUT2D eigenvalue weighted by molar-refractivity contribution is -0.143. The first-order valence-electron chi connectivity index (χ1n) is 10.6. The number of alkyl halides is 6. The fourth-order valence-electron chi connectivity index (χ4n) is 3.52. The van der Waals surface area contributed by atoms with Crippen molar-refractivity contribution < 1.29 is 35.9 Å². The molecule has 36 heavy (non-hydrogen) atoms. The molecule has 1 aromatic heterocycles. The fraction of sp³-hybridized carbons (Fsp3) is 0.240. The Morgan fingerprint density at radius 1 is 1.03 bits per heavy atom. The lowest BCUT2D eigenvalue weighted by atomic mass is 10.1. The van der Waals surface area contributed by atoms with E-state index >= 15 is 0 Å². The maximum absolute atomic E-state index is 13.2. The normalized spacial score (nSPS) is 11.8. The van der Waals surface area contributed by atoms with Crippen LogP contribution in [0, 0.1) is 0 Å². The Morgan fingerprint density at radius 3 is 2.28 bits per heavy atom. The third kappa shape index (κ3) is 6.83. The van der Waals surface area contributed by atoms with Crippen LogP contribution in [0.15, 0.2) is 73.4 Å². The SMILES string of the molecule is C=CCN(Cc1cccn1Cc1cccc(OC)c1)C(=O)Nc1cc(C(F)(F)F)cc(C(F)(F)F)c1. The smallest absolute Gasteiger partial charge is 0.416 e. The highest BCUT2D eigenvalue weighted by molar-refractivity contribution is 5.89. The van der Waals surface area contributed by atoms with Crippen molar-refractivity contribution in [3.05, 3.63) is 95.8 Å². The zero-order valence-electron chi connectivity index (χ0n) is 19.2. The van der Waals surface area contributed by atoms with E-state index in [4.69, 9.17) is 4.74 Å². The van der Waals surface area contributed by atoms with E-state index < -0.39 is 35.2 Å². The first kappa shape index (κ1) is 26.7. The summed E-state index contributed by atoms with van der Waals surface area (Å²) in [6, 6.07) is 11.0. The first-order valence-corrected chi connectivity index (χ1v) is 10.6. The number of rotatable bonds is 8. The van der Waals surface area contributed by atoms with Gasteiger partial charge in [-0.3, -0.25) is 0 Å². The van der Waals surface area contributed by atoms with E-state index in [2.05, 4.69) is 11.9 Å². The molecule has 0 saturated heterocycles. The van der Waals surface area contributed by atoms with Crippen LogP contribution in [0.25, 0.3) is 0 Å². The van der Waals surface area contributed by atoms with Gasteiger partial charge in [-0.25, -0.2) is 4.79 Å². The summed E-state index contributed by atoms with van der Waals surface area (Å²) in [7, 11) is 1.55. The van der Waals surface area contributed by atoms with Crippen LogP contribution in [0.1, 0.15) is 22.4 Å². The number of nitrogens with one attached hydrogen (secondary N) is 1. The lowest BCUT2D eigenvalue weighted by Crippen LogP contribution is -2.35. The molecule has 2 aromatic carbocycles. The number of urea groups is 1. The highest BCUT2D eigenvalue weighted by Gasteiger charge is 2.37. The molecule has 1 N–H and O–H groups in total. The summed E-state index contributed by atoms with van der Waals surface area (Å²) in [4.78, 5) is 14.1. The van der Waals surface area contributed by atoms with Crippen LogP contribution in [0.4, 0.5) is 36.8 Å². The van der Waals surface area contributed by atoms with Gasteiger partial charge in [0.15, 0.2) is 0 Å². The fourth-order valence-corrected chi connectivity index (χ4v) is 3.52.